The van der Waals surface area contributed by atoms with Crippen LogP contribution in [0.25, 0.3) is 0 Å². The summed E-state index contributed by atoms with van der Waals surface area (Å²) in [5, 5.41) is 0. The van der Waals surface area contributed by atoms with Crippen LogP contribution in [0.5, 0.6) is 5.75 Å². The van der Waals surface area contributed by atoms with Crippen molar-refractivity contribution in [3.63, 3.8) is 0 Å². The first kappa shape index (κ1) is 13.1. The zero-order chi connectivity index (χ0) is 13.1. The molecule has 0 aliphatic carbocycles. The van der Waals surface area contributed by atoms with Crippen molar-refractivity contribution < 1.29 is 4.74 Å². The van der Waals surface area contributed by atoms with E-state index in [1.807, 2.05) is 19.9 Å². The third-order valence-electron chi connectivity index (χ3n) is 3.54. The molecule has 1 aliphatic heterocycles. The first-order valence-corrected chi connectivity index (χ1v) is 6.94. The summed E-state index contributed by atoms with van der Waals surface area (Å²) in [6.07, 6.45) is 3.93. The minimum atomic E-state index is 0.156. The maximum atomic E-state index is 5.96. The zero-order valence-corrected chi connectivity index (χ0v) is 11.6. The van der Waals surface area contributed by atoms with Crippen LogP contribution in [0.2, 0.25) is 0 Å². The molecule has 1 aromatic carbocycles. The second-order valence-electron chi connectivity index (χ2n) is 5.29. The van der Waals surface area contributed by atoms with Gasteiger partial charge in [-0.25, -0.2) is 0 Å². The highest BCUT2D eigenvalue weighted by Crippen LogP contribution is 2.33. The van der Waals surface area contributed by atoms with Gasteiger partial charge in [0.1, 0.15) is 5.75 Å². The summed E-state index contributed by atoms with van der Waals surface area (Å²) in [5.74, 6) is 0.809. The van der Waals surface area contributed by atoms with Crippen LogP contribution in [0.3, 0.4) is 0 Å². The number of anilines is 2. The van der Waals surface area contributed by atoms with E-state index in [4.69, 9.17) is 10.5 Å². The number of hydrogen-bond acceptors (Lipinski definition) is 3. The summed E-state index contributed by atoms with van der Waals surface area (Å²) in [4.78, 5) is 2.48. The van der Waals surface area contributed by atoms with E-state index in [0.29, 0.717) is 6.04 Å². The number of nitrogens with two attached hydrogens (primary N) is 1. The van der Waals surface area contributed by atoms with E-state index in [1.165, 1.54) is 24.9 Å². The molecule has 1 unspecified atom stereocenters. The molecule has 0 radical (unpaired) electrons. The Morgan fingerprint density at radius 3 is 2.89 bits per heavy atom. The standard InChI is InChI=1S/C15H24N2O/c1-4-12-6-5-9-17(12)13-7-8-14(16)15(10-13)18-11(2)3/h7-8,10-12H,4-6,9,16H2,1-3H3. The van der Waals surface area contributed by atoms with Crippen LogP contribution >= 0.6 is 0 Å². The molecule has 18 heavy (non-hydrogen) atoms. The number of rotatable bonds is 4. The molecule has 3 nitrogen and oxygen atoms in total. The van der Waals surface area contributed by atoms with Gasteiger partial charge in [-0.1, -0.05) is 6.92 Å². The third kappa shape index (κ3) is 2.71. The van der Waals surface area contributed by atoms with E-state index >= 15 is 0 Å². The van der Waals surface area contributed by atoms with Gasteiger partial charge in [0, 0.05) is 24.3 Å². The van der Waals surface area contributed by atoms with E-state index < -0.39 is 0 Å². The Bertz CT molecular complexity index is 403. The van der Waals surface area contributed by atoms with Gasteiger partial charge < -0.3 is 15.4 Å². The summed E-state index contributed by atoms with van der Waals surface area (Å²) in [6.45, 7) is 7.45. The highest BCUT2D eigenvalue weighted by Gasteiger charge is 2.23. The Kier molecular flexibility index (Phi) is 4.00. The van der Waals surface area contributed by atoms with Crippen LogP contribution in [-0.4, -0.2) is 18.7 Å². The molecule has 0 bridgehead atoms. The summed E-state index contributed by atoms with van der Waals surface area (Å²) in [6, 6.07) is 6.82. The van der Waals surface area contributed by atoms with Crippen molar-refractivity contribution in [2.24, 2.45) is 0 Å². The fraction of sp³-hybridized carbons (Fsp3) is 0.600. The molecule has 1 atom stereocenters. The zero-order valence-electron chi connectivity index (χ0n) is 11.6. The van der Waals surface area contributed by atoms with Crippen LogP contribution in [0.1, 0.15) is 40.0 Å². The maximum absolute atomic E-state index is 5.96. The monoisotopic (exact) mass is 248 g/mol. The second kappa shape index (κ2) is 5.51. The predicted octanol–water partition coefficient (Wildman–Crippen LogP) is 3.43. The summed E-state index contributed by atoms with van der Waals surface area (Å²) < 4.78 is 5.76. The lowest BCUT2D eigenvalue weighted by atomic mass is 10.1. The lowest BCUT2D eigenvalue weighted by Gasteiger charge is -2.27. The van der Waals surface area contributed by atoms with Gasteiger partial charge in [0.25, 0.3) is 0 Å². The molecule has 1 saturated heterocycles. The average molecular weight is 248 g/mol. The van der Waals surface area contributed by atoms with Crippen molar-refractivity contribution in [2.75, 3.05) is 17.2 Å². The molecular formula is C15H24N2O. The molecule has 1 heterocycles. The summed E-state index contributed by atoms with van der Waals surface area (Å²) in [5.41, 5.74) is 7.92. The molecular weight excluding hydrogens is 224 g/mol. The third-order valence-corrected chi connectivity index (χ3v) is 3.54. The Morgan fingerprint density at radius 1 is 1.44 bits per heavy atom. The highest BCUT2D eigenvalue weighted by molar-refractivity contribution is 5.63. The Morgan fingerprint density at radius 2 is 2.22 bits per heavy atom. The van der Waals surface area contributed by atoms with Gasteiger partial charge >= 0.3 is 0 Å². The number of hydrogen-bond donors (Lipinski definition) is 1. The lowest BCUT2D eigenvalue weighted by molar-refractivity contribution is 0.244. The van der Waals surface area contributed by atoms with Crippen LogP contribution in [-0.2, 0) is 0 Å². The van der Waals surface area contributed by atoms with Crippen molar-refractivity contribution in [3.8, 4) is 5.75 Å². The van der Waals surface area contributed by atoms with Gasteiger partial charge in [-0.3, -0.25) is 0 Å². The van der Waals surface area contributed by atoms with Gasteiger partial charge in [-0.2, -0.15) is 0 Å². The summed E-state index contributed by atoms with van der Waals surface area (Å²) in [7, 11) is 0. The van der Waals surface area contributed by atoms with Crippen molar-refractivity contribution in [3.05, 3.63) is 18.2 Å². The molecule has 3 heteroatoms. The number of benzene rings is 1. The van der Waals surface area contributed by atoms with E-state index in [0.717, 1.165) is 18.0 Å². The largest absolute Gasteiger partial charge is 0.489 e. The van der Waals surface area contributed by atoms with Crippen molar-refractivity contribution >= 4 is 11.4 Å². The fourth-order valence-electron chi connectivity index (χ4n) is 2.66. The molecule has 0 saturated carbocycles. The highest BCUT2D eigenvalue weighted by atomic mass is 16.5. The van der Waals surface area contributed by atoms with Crippen molar-refractivity contribution in [1.29, 1.82) is 0 Å². The predicted molar refractivity (Wildman–Crippen MR) is 77.3 cm³/mol. The second-order valence-corrected chi connectivity index (χ2v) is 5.29. The molecule has 0 aromatic heterocycles. The van der Waals surface area contributed by atoms with E-state index in [2.05, 4.69) is 24.0 Å². The molecule has 1 aliphatic rings. The maximum Gasteiger partial charge on any atom is 0.144 e. The van der Waals surface area contributed by atoms with Crippen LogP contribution < -0.4 is 15.4 Å². The molecule has 2 rings (SSSR count). The minimum Gasteiger partial charge on any atom is -0.489 e. The van der Waals surface area contributed by atoms with E-state index in [-0.39, 0.29) is 6.10 Å². The molecule has 1 aromatic rings. The van der Waals surface area contributed by atoms with Crippen LogP contribution in [0, 0.1) is 0 Å². The normalized spacial score (nSPS) is 19.6. The first-order valence-electron chi connectivity index (χ1n) is 6.94. The van der Waals surface area contributed by atoms with Gasteiger partial charge in [0.15, 0.2) is 0 Å². The molecule has 0 spiro atoms. The Hall–Kier alpha value is -1.38. The molecule has 1 fully saturated rings. The fourth-order valence-corrected chi connectivity index (χ4v) is 2.66. The van der Waals surface area contributed by atoms with Gasteiger partial charge in [0.05, 0.1) is 11.8 Å². The van der Waals surface area contributed by atoms with Crippen molar-refractivity contribution in [1.82, 2.24) is 0 Å². The quantitative estimate of drug-likeness (QED) is 0.830. The Balaban J connectivity index is 2.23. The first-order chi connectivity index (χ1) is 8.61. The molecule has 0 amide bonds. The van der Waals surface area contributed by atoms with Gasteiger partial charge in [-0.05, 0) is 45.2 Å². The van der Waals surface area contributed by atoms with E-state index in [1.54, 1.807) is 0 Å². The lowest BCUT2D eigenvalue weighted by Crippen LogP contribution is -2.28. The SMILES string of the molecule is CCC1CCCN1c1ccc(N)c(OC(C)C)c1. The average Bonchev–Trinajstić information content (AvgIpc) is 2.79. The van der Waals surface area contributed by atoms with Crippen molar-refractivity contribution in [2.45, 2.75) is 52.2 Å². The Labute approximate surface area is 110 Å². The van der Waals surface area contributed by atoms with E-state index in [9.17, 15) is 0 Å². The van der Waals surface area contributed by atoms with Crippen LogP contribution in [0.15, 0.2) is 18.2 Å². The molecule has 100 valence electrons. The smallest absolute Gasteiger partial charge is 0.144 e. The minimum absolute atomic E-state index is 0.156. The number of ether oxygens (including phenoxy) is 1. The van der Waals surface area contributed by atoms with Gasteiger partial charge in [0.2, 0.25) is 0 Å². The molecule has 2 N–H and O–H groups in total. The van der Waals surface area contributed by atoms with Crippen LogP contribution in [0.4, 0.5) is 11.4 Å². The topological polar surface area (TPSA) is 38.5 Å². The number of nitrogens with zero attached hydrogens (tertiary/aromatic N) is 1. The summed E-state index contributed by atoms with van der Waals surface area (Å²) >= 11 is 0. The van der Waals surface area contributed by atoms with Gasteiger partial charge in [-0.15, -0.1) is 0 Å². The number of nitrogen functional groups attached to an aromatic ring is 1.